The van der Waals surface area contributed by atoms with Crippen molar-refractivity contribution in [1.29, 1.82) is 0 Å². The number of piperazine rings is 1. The molecule has 0 saturated carbocycles. The number of cyclic esters (lactones) is 1. The van der Waals surface area contributed by atoms with Crippen molar-refractivity contribution in [3.63, 3.8) is 0 Å². The molecule has 8 heteroatoms. The molecule has 2 amide bonds. The molecule has 0 spiro atoms. The minimum absolute atomic E-state index is 0.0276. The average molecular weight is 343 g/mol. The molecular weight excluding hydrogens is 322 g/mol. The number of carbonyl (C=O) groups is 2. The van der Waals surface area contributed by atoms with Gasteiger partial charge in [-0.05, 0) is 6.07 Å². The lowest BCUT2D eigenvalue weighted by molar-refractivity contribution is 0.0626. The molecule has 2 aromatic rings. The van der Waals surface area contributed by atoms with Crippen LogP contribution in [0.4, 0.5) is 4.79 Å². The fourth-order valence-corrected chi connectivity index (χ4v) is 3.34. The Kier molecular flexibility index (Phi) is 4.27. The lowest BCUT2D eigenvalue weighted by Crippen LogP contribution is -2.50. The number of carbonyl (C=O) groups excluding carboxylic acids is 2. The molecule has 3 heterocycles. The van der Waals surface area contributed by atoms with Gasteiger partial charge in [-0.3, -0.25) is 14.8 Å². The number of aromatic amines is 1. The largest absolute Gasteiger partial charge is 0.448 e. The Morgan fingerprint density at radius 2 is 1.92 bits per heavy atom. The number of rotatable bonds is 4. The van der Waals surface area contributed by atoms with Crippen LogP contribution in [0.1, 0.15) is 10.5 Å². The highest BCUT2D eigenvalue weighted by Gasteiger charge is 2.26. The molecule has 8 nitrogen and oxygen atoms in total. The molecule has 1 N–H and O–H groups in total. The summed E-state index contributed by atoms with van der Waals surface area (Å²) in [5, 5.41) is 7.98. The van der Waals surface area contributed by atoms with Gasteiger partial charge in [-0.25, -0.2) is 4.79 Å². The maximum atomic E-state index is 12.7. The van der Waals surface area contributed by atoms with Crippen molar-refractivity contribution in [3.05, 3.63) is 30.0 Å². The van der Waals surface area contributed by atoms with Gasteiger partial charge in [-0.15, -0.1) is 0 Å². The molecule has 2 aliphatic heterocycles. The molecule has 25 heavy (non-hydrogen) atoms. The number of nitrogens with zero attached hydrogens (tertiary/aromatic N) is 4. The number of amides is 2. The second-order valence-corrected chi connectivity index (χ2v) is 6.35. The minimum atomic E-state index is -0.223. The van der Waals surface area contributed by atoms with Gasteiger partial charge >= 0.3 is 6.09 Å². The van der Waals surface area contributed by atoms with E-state index in [4.69, 9.17) is 4.74 Å². The van der Waals surface area contributed by atoms with Crippen LogP contribution in [0.5, 0.6) is 0 Å². The summed E-state index contributed by atoms with van der Waals surface area (Å²) in [4.78, 5) is 30.1. The summed E-state index contributed by atoms with van der Waals surface area (Å²) in [6.07, 6.45) is -0.223. The molecule has 0 unspecified atom stereocenters. The maximum absolute atomic E-state index is 12.7. The van der Waals surface area contributed by atoms with Gasteiger partial charge in [-0.2, -0.15) is 5.10 Å². The first-order chi connectivity index (χ1) is 12.2. The first-order valence-corrected chi connectivity index (χ1v) is 8.59. The van der Waals surface area contributed by atoms with Crippen molar-refractivity contribution >= 4 is 22.9 Å². The van der Waals surface area contributed by atoms with Gasteiger partial charge in [0.1, 0.15) is 6.61 Å². The number of nitrogens with one attached hydrogen (secondary N) is 1. The Labute approximate surface area is 145 Å². The van der Waals surface area contributed by atoms with E-state index in [0.717, 1.165) is 30.5 Å². The highest BCUT2D eigenvalue weighted by molar-refractivity contribution is 6.04. The third kappa shape index (κ3) is 3.17. The van der Waals surface area contributed by atoms with Crippen molar-refractivity contribution < 1.29 is 14.3 Å². The number of hydrogen-bond donors (Lipinski definition) is 1. The standard InChI is InChI=1S/C17H21N5O3/c23-16(15-13-3-1-2-4-14(13)18-19-15)21-8-5-20(6-9-21)7-10-22-11-12-25-17(22)24/h1-4H,5-12H2,(H,18,19). The molecule has 0 bridgehead atoms. The fraction of sp³-hybridized carbons (Fsp3) is 0.471. The van der Waals surface area contributed by atoms with Crippen molar-refractivity contribution in [1.82, 2.24) is 24.9 Å². The van der Waals surface area contributed by atoms with E-state index in [0.29, 0.717) is 38.5 Å². The Bertz CT molecular complexity index is 781. The predicted molar refractivity (Wildman–Crippen MR) is 91.4 cm³/mol. The van der Waals surface area contributed by atoms with Crippen LogP contribution >= 0.6 is 0 Å². The summed E-state index contributed by atoms with van der Waals surface area (Å²) in [6, 6.07) is 7.66. The Morgan fingerprint density at radius 3 is 2.68 bits per heavy atom. The summed E-state index contributed by atoms with van der Waals surface area (Å²) < 4.78 is 4.94. The first kappa shape index (κ1) is 15.9. The van der Waals surface area contributed by atoms with Crippen molar-refractivity contribution in [3.8, 4) is 0 Å². The number of benzene rings is 1. The zero-order valence-corrected chi connectivity index (χ0v) is 14.0. The van der Waals surface area contributed by atoms with Gasteiger partial charge in [0, 0.05) is 44.7 Å². The first-order valence-electron chi connectivity index (χ1n) is 8.59. The monoisotopic (exact) mass is 343 g/mol. The second-order valence-electron chi connectivity index (χ2n) is 6.35. The van der Waals surface area contributed by atoms with E-state index < -0.39 is 0 Å². The summed E-state index contributed by atoms with van der Waals surface area (Å²) in [5.41, 5.74) is 1.37. The number of aromatic nitrogens is 2. The van der Waals surface area contributed by atoms with Crippen LogP contribution in [0.15, 0.2) is 24.3 Å². The van der Waals surface area contributed by atoms with E-state index in [9.17, 15) is 9.59 Å². The molecule has 4 rings (SSSR count). The normalized spacial score (nSPS) is 18.8. The molecule has 2 fully saturated rings. The van der Waals surface area contributed by atoms with Crippen molar-refractivity contribution in [2.24, 2.45) is 0 Å². The summed E-state index contributed by atoms with van der Waals surface area (Å²) in [7, 11) is 0. The van der Waals surface area contributed by atoms with Gasteiger partial charge in [0.2, 0.25) is 0 Å². The highest BCUT2D eigenvalue weighted by atomic mass is 16.6. The van der Waals surface area contributed by atoms with Gasteiger partial charge in [0.15, 0.2) is 5.69 Å². The second kappa shape index (κ2) is 6.72. The zero-order valence-electron chi connectivity index (χ0n) is 14.0. The summed E-state index contributed by atoms with van der Waals surface area (Å²) in [6.45, 7) is 5.59. The lowest BCUT2D eigenvalue weighted by atomic mass is 10.2. The number of H-pyrrole nitrogens is 1. The molecular formula is C17H21N5O3. The molecule has 0 radical (unpaired) electrons. The summed E-state index contributed by atoms with van der Waals surface area (Å²) in [5.74, 6) is -0.0276. The maximum Gasteiger partial charge on any atom is 0.409 e. The van der Waals surface area contributed by atoms with Gasteiger partial charge in [0.05, 0.1) is 12.1 Å². The number of fused-ring (bicyclic) bond motifs is 1. The van der Waals surface area contributed by atoms with E-state index >= 15 is 0 Å². The minimum Gasteiger partial charge on any atom is -0.448 e. The Hall–Kier alpha value is -2.61. The molecule has 1 aromatic heterocycles. The molecule has 0 aliphatic carbocycles. The van der Waals surface area contributed by atoms with Crippen molar-refractivity contribution in [2.45, 2.75) is 0 Å². The molecule has 132 valence electrons. The lowest BCUT2D eigenvalue weighted by Gasteiger charge is -2.34. The average Bonchev–Trinajstić information content (AvgIpc) is 3.26. The topological polar surface area (TPSA) is 81.8 Å². The SMILES string of the molecule is O=C1OCCN1CCN1CCN(C(=O)c2n[nH]c3ccccc23)CC1. The third-order valence-corrected chi connectivity index (χ3v) is 4.86. The van der Waals surface area contributed by atoms with Crippen LogP contribution in [0.2, 0.25) is 0 Å². The van der Waals surface area contributed by atoms with Crippen LogP contribution in [0.3, 0.4) is 0 Å². The Balaban J connectivity index is 1.32. The van der Waals surface area contributed by atoms with Crippen LogP contribution in [-0.2, 0) is 4.74 Å². The van der Waals surface area contributed by atoms with Crippen LogP contribution < -0.4 is 0 Å². The molecule has 1 aromatic carbocycles. The molecule has 2 aliphatic rings. The third-order valence-electron chi connectivity index (χ3n) is 4.86. The van der Waals surface area contributed by atoms with Crippen LogP contribution in [0, 0.1) is 0 Å². The number of para-hydroxylation sites is 1. The highest BCUT2D eigenvalue weighted by Crippen LogP contribution is 2.17. The van der Waals surface area contributed by atoms with E-state index in [-0.39, 0.29) is 12.0 Å². The van der Waals surface area contributed by atoms with Gasteiger partial charge in [0.25, 0.3) is 5.91 Å². The van der Waals surface area contributed by atoms with E-state index in [2.05, 4.69) is 15.1 Å². The fourth-order valence-electron chi connectivity index (χ4n) is 3.34. The van der Waals surface area contributed by atoms with E-state index in [1.54, 1.807) is 4.90 Å². The zero-order chi connectivity index (χ0) is 17.2. The quantitative estimate of drug-likeness (QED) is 0.887. The van der Waals surface area contributed by atoms with Gasteiger partial charge in [-0.1, -0.05) is 18.2 Å². The Morgan fingerprint density at radius 1 is 1.12 bits per heavy atom. The van der Waals surface area contributed by atoms with E-state index in [1.165, 1.54) is 0 Å². The van der Waals surface area contributed by atoms with E-state index in [1.807, 2.05) is 29.2 Å². The van der Waals surface area contributed by atoms with Crippen LogP contribution in [-0.4, -0.2) is 89.3 Å². The smallest absolute Gasteiger partial charge is 0.409 e. The molecule has 0 atom stereocenters. The van der Waals surface area contributed by atoms with Gasteiger partial charge < -0.3 is 14.5 Å². The molecule has 2 saturated heterocycles. The number of ether oxygens (including phenoxy) is 1. The van der Waals surface area contributed by atoms with Crippen molar-refractivity contribution in [2.75, 3.05) is 52.4 Å². The van der Waals surface area contributed by atoms with Crippen LogP contribution in [0.25, 0.3) is 10.9 Å². The summed E-state index contributed by atoms with van der Waals surface area (Å²) >= 11 is 0. The number of hydrogen-bond acceptors (Lipinski definition) is 5. The predicted octanol–water partition coefficient (Wildman–Crippen LogP) is 0.773.